The third-order valence-corrected chi connectivity index (χ3v) is 5.11. The first-order valence-electron chi connectivity index (χ1n) is 7.21. The molecule has 1 aliphatic heterocycles. The van der Waals surface area contributed by atoms with Crippen molar-refractivity contribution in [1.29, 1.82) is 0 Å². The molecule has 3 rings (SSSR count). The Kier molecular flexibility index (Phi) is 3.87. The molecular weight excluding hydrogens is 252 g/mol. The summed E-state index contributed by atoms with van der Waals surface area (Å²) in [5.74, 6) is 0. The van der Waals surface area contributed by atoms with Crippen LogP contribution >= 0.6 is 11.3 Å². The van der Waals surface area contributed by atoms with Gasteiger partial charge in [0, 0.05) is 22.2 Å². The molecule has 0 bridgehead atoms. The number of nitrogens with zero attached hydrogens (tertiary/aromatic N) is 1. The Balaban J connectivity index is 1.97. The number of thiophene rings is 1. The molecule has 0 radical (unpaired) electrons. The molecule has 1 atom stereocenters. The highest BCUT2D eigenvalue weighted by molar-refractivity contribution is 7.19. The molecule has 3 heteroatoms. The van der Waals surface area contributed by atoms with Crippen LogP contribution in [0, 0.1) is 0 Å². The Bertz CT molecular complexity index is 553. The molecule has 2 N–H and O–H groups in total. The number of hydrogen-bond acceptors (Lipinski definition) is 3. The standard InChI is InChI=1S/C16H22N2S/c1-12(17)10-16-14(11-18-8-4-5-9-18)13-6-2-3-7-15(13)19-16/h2-3,6-7,12H,4-5,8-11,17H2,1H3. The summed E-state index contributed by atoms with van der Waals surface area (Å²) in [5.41, 5.74) is 7.54. The topological polar surface area (TPSA) is 29.3 Å². The van der Waals surface area contributed by atoms with E-state index in [0.29, 0.717) is 0 Å². The minimum atomic E-state index is 0.241. The van der Waals surface area contributed by atoms with E-state index >= 15 is 0 Å². The average Bonchev–Trinajstić information content (AvgIpc) is 2.99. The fourth-order valence-electron chi connectivity index (χ4n) is 2.94. The number of rotatable bonds is 4. The van der Waals surface area contributed by atoms with E-state index in [1.54, 1.807) is 0 Å². The third-order valence-electron chi connectivity index (χ3n) is 3.87. The summed E-state index contributed by atoms with van der Waals surface area (Å²) >= 11 is 1.93. The average molecular weight is 274 g/mol. The van der Waals surface area contributed by atoms with Crippen molar-refractivity contribution in [2.75, 3.05) is 13.1 Å². The SMILES string of the molecule is CC(N)Cc1sc2ccccc2c1CN1CCCC1. The molecule has 1 aromatic heterocycles. The minimum absolute atomic E-state index is 0.241. The van der Waals surface area contributed by atoms with E-state index in [-0.39, 0.29) is 6.04 Å². The Labute approximate surface area is 119 Å². The summed E-state index contributed by atoms with van der Waals surface area (Å²) in [6.45, 7) is 5.71. The number of likely N-dealkylation sites (tertiary alicyclic amines) is 1. The van der Waals surface area contributed by atoms with E-state index in [1.807, 2.05) is 11.3 Å². The van der Waals surface area contributed by atoms with Crippen LogP contribution in [0.2, 0.25) is 0 Å². The van der Waals surface area contributed by atoms with Gasteiger partial charge in [0.1, 0.15) is 0 Å². The van der Waals surface area contributed by atoms with Crippen molar-refractivity contribution in [1.82, 2.24) is 4.90 Å². The molecule has 1 aliphatic rings. The predicted molar refractivity (Wildman–Crippen MR) is 83.7 cm³/mol. The van der Waals surface area contributed by atoms with E-state index in [2.05, 4.69) is 36.1 Å². The minimum Gasteiger partial charge on any atom is -0.328 e. The smallest absolute Gasteiger partial charge is 0.0349 e. The van der Waals surface area contributed by atoms with Crippen LogP contribution in [0.1, 0.15) is 30.2 Å². The maximum atomic E-state index is 6.02. The van der Waals surface area contributed by atoms with E-state index in [0.717, 1.165) is 13.0 Å². The quantitative estimate of drug-likeness (QED) is 0.926. The lowest BCUT2D eigenvalue weighted by Crippen LogP contribution is -2.21. The molecule has 2 aromatic rings. The van der Waals surface area contributed by atoms with Crippen molar-refractivity contribution < 1.29 is 0 Å². The molecule has 1 fully saturated rings. The number of hydrogen-bond donors (Lipinski definition) is 1. The van der Waals surface area contributed by atoms with Gasteiger partial charge in [-0.3, -0.25) is 4.90 Å². The number of nitrogens with two attached hydrogens (primary N) is 1. The molecule has 1 unspecified atom stereocenters. The first-order valence-corrected chi connectivity index (χ1v) is 8.03. The Morgan fingerprint density at radius 2 is 2.00 bits per heavy atom. The van der Waals surface area contributed by atoms with Crippen molar-refractivity contribution >= 4 is 21.4 Å². The molecule has 19 heavy (non-hydrogen) atoms. The number of benzene rings is 1. The molecule has 0 saturated carbocycles. The third kappa shape index (κ3) is 2.83. The summed E-state index contributed by atoms with van der Waals surface area (Å²) in [5, 5.41) is 1.44. The maximum absolute atomic E-state index is 6.02. The van der Waals surface area contributed by atoms with Crippen LogP contribution in [0.4, 0.5) is 0 Å². The highest BCUT2D eigenvalue weighted by atomic mass is 32.1. The molecule has 0 spiro atoms. The summed E-state index contributed by atoms with van der Waals surface area (Å²) in [7, 11) is 0. The van der Waals surface area contributed by atoms with Crippen molar-refractivity contribution in [2.24, 2.45) is 5.73 Å². The van der Waals surface area contributed by atoms with Crippen LogP contribution in [0.15, 0.2) is 24.3 Å². The monoisotopic (exact) mass is 274 g/mol. The summed E-state index contributed by atoms with van der Waals surface area (Å²) in [6, 6.07) is 9.03. The molecule has 1 aromatic carbocycles. The molecule has 0 amide bonds. The van der Waals surface area contributed by atoms with Crippen molar-refractivity contribution in [3.8, 4) is 0 Å². The second-order valence-electron chi connectivity index (χ2n) is 5.66. The van der Waals surface area contributed by atoms with Crippen molar-refractivity contribution in [2.45, 2.75) is 38.8 Å². The summed E-state index contributed by atoms with van der Waals surface area (Å²) in [6.07, 6.45) is 3.71. The van der Waals surface area contributed by atoms with Crippen LogP contribution in [-0.4, -0.2) is 24.0 Å². The fourth-order valence-corrected chi connectivity index (χ4v) is 4.30. The molecule has 102 valence electrons. The zero-order valence-corrected chi connectivity index (χ0v) is 12.4. The van der Waals surface area contributed by atoms with Crippen LogP contribution in [0.25, 0.3) is 10.1 Å². The lowest BCUT2D eigenvalue weighted by molar-refractivity contribution is 0.332. The second kappa shape index (κ2) is 5.61. The van der Waals surface area contributed by atoms with Gasteiger partial charge in [-0.1, -0.05) is 18.2 Å². The highest BCUT2D eigenvalue weighted by Crippen LogP contribution is 2.33. The zero-order valence-electron chi connectivity index (χ0n) is 11.6. The fraction of sp³-hybridized carbons (Fsp3) is 0.500. The van der Waals surface area contributed by atoms with E-state index < -0.39 is 0 Å². The van der Waals surface area contributed by atoms with Crippen molar-refractivity contribution in [3.63, 3.8) is 0 Å². The summed E-state index contributed by atoms with van der Waals surface area (Å²) in [4.78, 5) is 4.07. The van der Waals surface area contributed by atoms with Gasteiger partial charge in [-0.15, -0.1) is 11.3 Å². The largest absolute Gasteiger partial charge is 0.328 e. The zero-order chi connectivity index (χ0) is 13.2. The van der Waals surface area contributed by atoms with E-state index in [1.165, 1.54) is 46.5 Å². The van der Waals surface area contributed by atoms with Gasteiger partial charge < -0.3 is 5.73 Å². The van der Waals surface area contributed by atoms with Gasteiger partial charge in [0.05, 0.1) is 0 Å². The molecule has 0 aliphatic carbocycles. The van der Waals surface area contributed by atoms with Crippen LogP contribution in [0.5, 0.6) is 0 Å². The Hall–Kier alpha value is -0.900. The lowest BCUT2D eigenvalue weighted by Gasteiger charge is -2.16. The van der Waals surface area contributed by atoms with Crippen LogP contribution in [0.3, 0.4) is 0 Å². The van der Waals surface area contributed by atoms with Crippen LogP contribution in [-0.2, 0) is 13.0 Å². The molecule has 1 saturated heterocycles. The lowest BCUT2D eigenvalue weighted by atomic mass is 10.1. The number of fused-ring (bicyclic) bond motifs is 1. The van der Waals surface area contributed by atoms with Crippen LogP contribution < -0.4 is 5.73 Å². The van der Waals surface area contributed by atoms with E-state index in [4.69, 9.17) is 5.73 Å². The normalized spacial score (nSPS) is 18.2. The molecular formula is C16H22N2S. The maximum Gasteiger partial charge on any atom is 0.0349 e. The first kappa shape index (κ1) is 13.1. The Morgan fingerprint density at radius 1 is 1.26 bits per heavy atom. The van der Waals surface area contributed by atoms with Gasteiger partial charge in [-0.2, -0.15) is 0 Å². The first-order chi connectivity index (χ1) is 9.24. The van der Waals surface area contributed by atoms with Gasteiger partial charge >= 0.3 is 0 Å². The predicted octanol–water partition coefficient (Wildman–Crippen LogP) is 3.39. The van der Waals surface area contributed by atoms with Gasteiger partial charge in [-0.25, -0.2) is 0 Å². The van der Waals surface area contributed by atoms with Gasteiger partial charge in [0.25, 0.3) is 0 Å². The van der Waals surface area contributed by atoms with Gasteiger partial charge in [0.15, 0.2) is 0 Å². The van der Waals surface area contributed by atoms with Gasteiger partial charge in [0.2, 0.25) is 0 Å². The molecule has 2 nitrogen and oxygen atoms in total. The van der Waals surface area contributed by atoms with Crippen molar-refractivity contribution in [3.05, 3.63) is 34.7 Å². The Morgan fingerprint density at radius 3 is 2.74 bits per heavy atom. The second-order valence-corrected chi connectivity index (χ2v) is 6.80. The summed E-state index contributed by atoms with van der Waals surface area (Å²) < 4.78 is 1.41. The van der Waals surface area contributed by atoms with Gasteiger partial charge in [-0.05, 0) is 56.3 Å². The van der Waals surface area contributed by atoms with E-state index in [9.17, 15) is 0 Å². The molecule has 2 heterocycles. The highest BCUT2D eigenvalue weighted by Gasteiger charge is 2.18.